The maximum atomic E-state index is 12.6. The molecule has 1 aliphatic carbocycles. The Morgan fingerprint density at radius 1 is 1.19 bits per heavy atom. The van der Waals surface area contributed by atoms with Gasteiger partial charge in [-0.1, -0.05) is 6.07 Å². The lowest BCUT2D eigenvalue weighted by Crippen LogP contribution is -2.30. The minimum Gasteiger partial charge on any atom is -0.405 e. The van der Waals surface area contributed by atoms with Gasteiger partial charge in [0.05, 0.1) is 4.47 Å². The third kappa shape index (κ3) is 3.29. The second-order valence-electron chi connectivity index (χ2n) is 6.41. The first-order valence-corrected chi connectivity index (χ1v) is 10.1. The van der Waals surface area contributed by atoms with Crippen molar-refractivity contribution in [2.75, 3.05) is 5.75 Å². The van der Waals surface area contributed by atoms with E-state index in [9.17, 15) is 18.0 Å². The fourth-order valence-corrected chi connectivity index (χ4v) is 5.47. The quantitative estimate of drug-likeness (QED) is 0.661. The van der Waals surface area contributed by atoms with Crippen LogP contribution in [0.1, 0.15) is 37.2 Å². The highest BCUT2D eigenvalue weighted by Gasteiger charge is 2.39. The molecule has 8 heteroatoms. The molecule has 0 saturated heterocycles. The lowest BCUT2D eigenvalue weighted by atomic mass is 9.79. The summed E-state index contributed by atoms with van der Waals surface area (Å²) in [6, 6.07) is 4.56. The van der Waals surface area contributed by atoms with Gasteiger partial charge in [-0.15, -0.1) is 24.9 Å². The normalized spacial score (nSPS) is 22.9. The minimum atomic E-state index is -4.75. The Hall–Kier alpha value is -1.41. The Labute approximate surface area is 161 Å². The van der Waals surface area contributed by atoms with Gasteiger partial charge in [0.15, 0.2) is 5.78 Å². The summed E-state index contributed by atoms with van der Waals surface area (Å²) < 4.78 is 41.8. The highest BCUT2D eigenvalue weighted by atomic mass is 79.9. The Morgan fingerprint density at radius 3 is 2.73 bits per heavy atom. The first kappa shape index (κ1) is 18.0. The molecule has 0 saturated carbocycles. The summed E-state index contributed by atoms with van der Waals surface area (Å²) in [5, 5.41) is 3.44. The lowest BCUT2D eigenvalue weighted by Gasteiger charge is -2.33. The number of nitrogens with one attached hydrogen (secondary N) is 1. The van der Waals surface area contributed by atoms with Crippen LogP contribution < -0.4 is 10.1 Å². The number of carbonyl (C=O) groups excluding carboxylic acids is 1. The molecule has 1 unspecified atom stereocenters. The molecule has 0 fully saturated rings. The molecular weight excluding hydrogens is 431 g/mol. The number of benzene rings is 1. The van der Waals surface area contributed by atoms with Crippen LogP contribution in [0, 0.1) is 0 Å². The van der Waals surface area contributed by atoms with Gasteiger partial charge in [-0.05, 0) is 52.9 Å². The Kier molecular flexibility index (Phi) is 4.59. The van der Waals surface area contributed by atoms with Crippen molar-refractivity contribution in [2.45, 2.75) is 38.0 Å². The largest absolute Gasteiger partial charge is 0.573 e. The number of rotatable bonds is 2. The lowest BCUT2D eigenvalue weighted by molar-refractivity contribution is -0.274. The molecule has 0 amide bonds. The number of thioether (sulfide) groups is 1. The SMILES string of the molecule is O=C1CCCC2=C1C(c1ccc(OC(F)(F)F)c(Br)c1)C1=C(CCS1)N2. The second kappa shape index (κ2) is 6.64. The Balaban J connectivity index is 1.76. The number of carbonyl (C=O) groups is 1. The van der Waals surface area contributed by atoms with Gasteiger partial charge in [0, 0.05) is 40.0 Å². The summed E-state index contributed by atoms with van der Waals surface area (Å²) in [7, 11) is 0. The van der Waals surface area contributed by atoms with Crippen LogP contribution in [-0.2, 0) is 4.79 Å². The fourth-order valence-electron chi connectivity index (χ4n) is 3.72. The predicted octanol–water partition coefficient (Wildman–Crippen LogP) is 5.39. The molecular formula is C18H15BrF3NO2S. The van der Waals surface area contributed by atoms with Crippen molar-refractivity contribution in [3.63, 3.8) is 0 Å². The summed E-state index contributed by atoms with van der Waals surface area (Å²) in [6.07, 6.45) is -1.66. The third-order valence-electron chi connectivity index (χ3n) is 4.73. The summed E-state index contributed by atoms with van der Waals surface area (Å²) >= 11 is 4.89. The smallest absolute Gasteiger partial charge is 0.405 e. The van der Waals surface area contributed by atoms with Gasteiger partial charge in [-0.25, -0.2) is 0 Å². The maximum absolute atomic E-state index is 12.6. The van der Waals surface area contributed by atoms with Crippen LogP contribution in [0.25, 0.3) is 0 Å². The molecule has 4 rings (SSSR count). The zero-order valence-electron chi connectivity index (χ0n) is 13.6. The number of ether oxygens (including phenoxy) is 1. The van der Waals surface area contributed by atoms with Crippen LogP contribution in [-0.4, -0.2) is 17.9 Å². The van der Waals surface area contributed by atoms with E-state index in [1.165, 1.54) is 6.07 Å². The molecule has 0 bridgehead atoms. The van der Waals surface area contributed by atoms with Crippen LogP contribution in [0.15, 0.2) is 44.5 Å². The average Bonchev–Trinajstić information content (AvgIpc) is 3.02. The minimum absolute atomic E-state index is 0.120. The van der Waals surface area contributed by atoms with Crippen molar-refractivity contribution < 1.29 is 22.7 Å². The molecule has 2 aliphatic heterocycles. The highest BCUT2D eigenvalue weighted by molar-refractivity contribution is 9.10. The molecule has 0 spiro atoms. The molecule has 3 nitrogen and oxygen atoms in total. The molecule has 1 aromatic carbocycles. The van der Waals surface area contributed by atoms with Crippen LogP contribution in [0.2, 0.25) is 0 Å². The van der Waals surface area contributed by atoms with Gasteiger partial charge in [-0.2, -0.15) is 0 Å². The van der Waals surface area contributed by atoms with E-state index in [0.29, 0.717) is 6.42 Å². The van der Waals surface area contributed by atoms with E-state index in [1.54, 1.807) is 23.9 Å². The van der Waals surface area contributed by atoms with Crippen molar-refractivity contribution >= 4 is 33.5 Å². The predicted molar refractivity (Wildman–Crippen MR) is 96.7 cm³/mol. The van der Waals surface area contributed by atoms with Crippen molar-refractivity contribution in [2.24, 2.45) is 0 Å². The van der Waals surface area contributed by atoms with Crippen LogP contribution in [0.4, 0.5) is 13.2 Å². The van der Waals surface area contributed by atoms with Crippen LogP contribution >= 0.6 is 27.7 Å². The van der Waals surface area contributed by atoms with E-state index in [0.717, 1.165) is 52.5 Å². The van der Waals surface area contributed by atoms with E-state index in [4.69, 9.17) is 0 Å². The molecule has 1 N–H and O–H groups in total. The standard InChI is InChI=1S/C18H15BrF3NO2S/c19-10-8-9(4-5-14(10)25-18(20,21)22)15-16-11(2-1-3-13(16)24)23-12-6-7-26-17(12)15/h4-5,8,15,23H,1-3,6-7H2. The molecule has 2 heterocycles. The van der Waals surface area contributed by atoms with Crippen molar-refractivity contribution in [1.82, 2.24) is 5.32 Å². The van der Waals surface area contributed by atoms with E-state index >= 15 is 0 Å². The number of dihydropyridines is 1. The number of allylic oxidation sites excluding steroid dienone is 4. The number of halogens is 4. The molecule has 3 aliphatic rings. The van der Waals surface area contributed by atoms with Crippen molar-refractivity contribution in [3.8, 4) is 5.75 Å². The summed E-state index contributed by atoms with van der Waals surface area (Å²) in [6.45, 7) is 0. The maximum Gasteiger partial charge on any atom is 0.573 e. The van der Waals surface area contributed by atoms with Gasteiger partial charge < -0.3 is 10.1 Å². The van der Waals surface area contributed by atoms with Gasteiger partial charge >= 0.3 is 6.36 Å². The van der Waals surface area contributed by atoms with E-state index in [-0.39, 0.29) is 21.9 Å². The van der Waals surface area contributed by atoms with E-state index in [2.05, 4.69) is 26.0 Å². The molecule has 1 aromatic rings. The number of ketones is 1. The third-order valence-corrected chi connectivity index (χ3v) is 6.55. The van der Waals surface area contributed by atoms with Crippen molar-refractivity contribution in [3.05, 3.63) is 50.1 Å². The summed E-state index contributed by atoms with van der Waals surface area (Å²) in [5.74, 6) is 0.569. The summed E-state index contributed by atoms with van der Waals surface area (Å²) in [5.41, 5.74) is 3.68. The number of Topliss-reactive ketones (excluding diaryl/α,β-unsaturated/α-hetero) is 1. The topological polar surface area (TPSA) is 38.3 Å². The van der Waals surface area contributed by atoms with Gasteiger partial charge in [-0.3, -0.25) is 4.79 Å². The Bertz CT molecular complexity index is 847. The monoisotopic (exact) mass is 445 g/mol. The zero-order chi connectivity index (χ0) is 18.5. The molecule has 0 aromatic heterocycles. The fraction of sp³-hybridized carbons (Fsp3) is 0.389. The average molecular weight is 446 g/mol. The molecule has 0 radical (unpaired) electrons. The first-order chi connectivity index (χ1) is 12.3. The molecule has 26 heavy (non-hydrogen) atoms. The van der Waals surface area contributed by atoms with Crippen LogP contribution in [0.3, 0.4) is 0 Å². The summed E-state index contributed by atoms with van der Waals surface area (Å²) in [4.78, 5) is 13.7. The molecule has 138 valence electrons. The zero-order valence-corrected chi connectivity index (χ0v) is 16.0. The number of hydrogen-bond acceptors (Lipinski definition) is 4. The van der Waals surface area contributed by atoms with Gasteiger partial charge in [0.25, 0.3) is 0 Å². The van der Waals surface area contributed by atoms with Crippen LogP contribution in [0.5, 0.6) is 5.75 Å². The number of hydrogen-bond donors (Lipinski definition) is 1. The first-order valence-electron chi connectivity index (χ1n) is 8.28. The second-order valence-corrected chi connectivity index (χ2v) is 8.40. The molecule has 1 atom stereocenters. The Morgan fingerprint density at radius 2 is 2.00 bits per heavy atom. The van der Waals surface area contributed by atoms with E-state index < -0.39 is 6.36 Å². The van der Waals surface area contributed by atoms with E-state index in [1.807, 2.05) is 0 Å². The van der Waals surface area contributed by atoms with Gasteiger partial charge in [0.1, 0.15) is 5.75 Å². The number of alkyl halides is 3. The van der Waals surface area contributed by atoms with Gasteiger partial charge in [0.2, 0.25) is 0 Å². The van der Waals surface area contributed by atoms with Crippen molar-refractivity contribution in [1.29, 1.82) is 0 Å². The highest BCUT2D eigenvalue weighted by Crippen LogP contribution is 2.50.